The molecule has 0 saturated carbocycles. The van der Waals surface area contributed by atoms with Crippen LogP contribution in [0.5, 0.6) is 0 Å². The van der Waals surface area contributed by atoms with Gasteiger partial charge in [-0.2, -0.15) is 0 Å². The van der Waals surface area contributed by atoms with Gasteiger partial charge in [-0.15, -0.1) is 0 Å². The summed E-state index contributed by atoms with van der Waals surface area (Å²) in [5.74, 6) is -0.299. The monoisotopic (exact) mass is 347 g/mol. The van der Waals surface area contributed by atoms with E-state index >= 15 is 0 Å². The molecule has 1 unspecified atom stereocenters. The fourth-order valence-corrected chi connectivity index (χ4v) is 1.41. The summed E-state index contributed by atoms with van der Waals surface area (Å²) in [4.78, 5) is 40.0. The number of nitrogens with zero attached hydrogens (tertiary/aromatic N) is 1. The molecule has 2 N–H and O–H groups in total. The fourth-order valence-electron chi connectivity index (χ4n) is 1.41. The van der Waals surface area contributed by atoms with Crippen LogP contribution in [-0.2, 0) is 25.7 Å². The number of carbonyl (C=O) groups is 1. The lowest BCUT2D eigenvalue weighted by atomic mass is 10.2. The summed E-state index contributed by atoms with van der Waals surface area (Å²) in [7, 11) is 4.76. The van der Waals surface area contributed by atoms with Gasteiger partial charge in [0.1, 0.15) is 6.61 Å². The summed E-state index contributed by atoms with van der Waals surface area (Å²) in [6, 6.07) is 1.27. The van der Waals surface area contributed by atoms with E-state index in [-0.39, 0.29) is 18.6 Å². The van der Waals surface area contributed by atoms with Crippen LogP contribution in [0.3, 0.4) is 0 Å². The van der Waals surface area contributed by atoms with Crippen molar-refractivity contribution < 1.29 is 19.1 Å². The van der Waals surface area contributed by atoms with Crippen molar-refractivity contribution in [3.8, 4) is 0 Å². The molecule has 0 bridgehead atoms. The van der Waals surface area contributed by atoms with Crippen LogP contribution in [0.2, 0.25) is 0 Å². The molecule has 140 valence electrons. The molecule has 1 heterocycles. The smallest absolute Gasteiger partial charge is 0.328 e. The average Bonchev–Trinajstić information content (AvgIpc) is 2.54. The number of carbonyl (C=O) groups excluding carboxylic acids is 1. The van der Waals surface area contributed by atoms with E-state index in [0.29, 0.717) is 13.0 Å². The molecule has 0 aliphatic carbocycles. The first-order chi connectivity index (χ1) is 11.4. The number of aromatic amines is 1. The molecule has 1 rings (SSSR count). The maximum atomic E-state index is 11.4. The Balaban J connectivity index is 0. The first kappa shape index (κ1) is 24.3. The summed E-state index contributed by atoms with van der Waals surface area (Å²) >= 11 is 0. The molecule has 0 aliphatic heterocycles. The highest BCUT2D eigenvalue weighted by atomic mass is 16.7. The molecule has 9 heteroatoms. The molecule has 0 fully saturated rings. The van der Waals surface area contributed by atoms with Crippen LogP contribution in [0.4, 0.5) is 0 Å². The molecule has 0 radical (unpaired) electrons. The number of hydroxylamine groups is 1. The first-order valence-electron chi connectivity index (χ1n) is 7.55. The summed E-state index contributed by atoms with van der Waals surface area (Å²) < 4.78 is 10.8. The van der Waals surface area contributed by atoms with Crippen molar-refractivity contribution in [1.29, 1.82) is 0 Å². The van der Waals surface area contributed by atoms with Gasteiger partial charge in [0.15, 0.2) is 0 Å². The van der Waals surface area contributed by atoms with Crippen molar-refractivity contribution in [2.45, 2.75) is 39.8 Å². The van der Waals surface area contributed by atoms with E-state index in [1.165, 1.54) is 30.9 Å². The van der Waals surface area contributed by atoms with E-state index in [4.69, 9.17) is 9.57 Å². The number of nitrogens with one attached hydrogen (secondary N) is 2. The first-order valence-corrected chi connectivity index (χ1v) is 7.55. The normalized spacial score (nSPS) is 10.6. The molecular formula is C15H29N3O6. The quantitative estimate of drug-likeness (QED) is 0.686. The topological polar surface area (TPSA) is 112 Å². The second-order valence-electron chi connectivity index (χ2n) is 4.33. The number of amides is 1. The number of rotatable bonds is 7. The average molecular weight is 347 g/mol. The third-order valence-corrected chi connectivity index (χ3v) is 2.41. The maximum Gasteiger partial charge on any atom is 0.328 e. The Morgan fingerprint density at radius 1 is 1.29 bits per heavy atom. The number of ether oxygens (including phenoxy) is 2. The number of aryl methyl sites for hydroxylation is 1. The van der Waals surface area contributed by atoms with Crippen molar-refractivity contribution in [1.82, 2.24) is 15.0 Å². The minimum absolute atomic E-state index is 0.175. The van der Waals surface area contributed by atoms with Crippen LogP contribution >= 0.6 is 0 Å². The molecule has 0 aliphatic rings. The zero-order valence-electron chi connectivity index (χ0n) is 15.3. The molecule has 24 heavy (non-hydrogen) atoms. The molecule has 9 nitrogen and oxygen atoms in total. The van der Waals surface area contributed by atoms with Crippen LogP contribution in [0.15, 0.2) is 21.9 Å². The number of methoxy groups -OCH3 is 2. The van der Waals surface area contributed by atoms with Crippen LogP contribution in [0.25, 0.3) is 0 Å². The molecule has 1 aromatic heterocycles. The SMILES string of the molecule is CC.COC.COC(CCn1ccc(=O)[nH]c1=O)CONC(C)=O. The maximum absolute atomic E-state index is 11.4. The molecule has 0 aromatic carbocycles. The van der Waals surface area contributed by atoms with E-state index in [1.807, 2.05) is 13.8 Å². The van der Waals surface area contributed by atoms with E-state index in [9.17, 15) is 14.4 Å². The van der Waals surface area contributed by atoms with Gasteiger partial charge in [0.25, 0.3) is 5.56 Å². The lowest BCUT2D eigenvalue weighted by molar-refractivity contribution is -0.134. The number of H-pyrrole nitrogens is 1. The lowest BCUT2D eigenvalue weighted by Gasteiger charge is -2.15. The second kappa shape index (κ2) is 15.9. The highest BCUT2D eigenvalue weighted by Gasteiger charge is 2.09. The van der Waals surface area contributed by atoms with Gasteiger partial charge in [0.2, 0.25) is 5.91 Å². The van der Waals surface area contributed by atoms with E-state index in [1.54, 1.807) is 14.2 Å². The highest BCUT2D eigenvalue weighted by Crippen LogP contribution is 1.99. The second-order valence-corrected chi connectivity index (χ2v) is 4.33. The van der Waals surface area contributed by atoms with Crippen molar-refractivity contribution in [3.63, 3.8) is 0 Å². The largest absolute Gasteiger partial charge is 0.388 e. The van der Waals surface area contributed by atoms with E-state index < -0.39 is 11.2 Å². The Morgan fingerprint density at radius 2 is 1.88 bits per heavy atom. The van der Waals surface area contributed by atoms with Gasteiger partial charge in [-0.05, 0) is 6.42 Å². The van der Waals surface area contributed by atoms with Crippen molar-refractivity contribution in [2.24, 2.45) is 0 Å². The Morgan fingerprint density at radius 3 is 2.33 bits per heavy atom. The van der Waals surface area contributed by atoms with Crippen molar-refractivity contribution in [3.05, 3.63) is 33.1 Å². The number of aromatic nitrogens is 2. The van der Waals surface area contributed by atoms with Crippen LogP contribution in [0.1, 0.15) is 27.2 Å². The molecule has 1 amide bonds. The van der Waals surface area contributed by atoms with E-state index in [0.717, 1.165) is 0 Å². The minimum atomic E-state index is -0.467. The summed E-state index contributed by atoms with van der Waals surface area (Å²) in [5.41, 5.74) is 1.29. The molecular weight excluding hydrogens is 318 g/mol. The summed E-state index contributed by atoms with van der Waals surface area (Å²) in [6.45, 7) is 5.88. The van der Waals surface area contributed by atoms with Crippen LogP contribution in [0, 0.1) is 0 Å². The Kier molecular flexibility index (Phi) is 16.1. The molecule has 1 aromatic rings. The Hall–Kier alpha value is -1.97. The lowest BCUT2D eigenvalue weighted by Crippen LogP contribution is -2.32. The molecule has 0 saturated heterocycles. The predicted molar refractivity (Wildman–Crippen MR) is 90.8 cm³/mol. The van der Waals surface area contributed by atoms with Crippen molar-refractivity contribution >= 4 is 5.91 Å². The van der Waals surface area contributed by atoms with Gasteiger partial charge < -0.3 is 14.0 Å². The van der Waals surface area contributed by atoms with Gasteiger partial charge in [0.05, 0.1) is 6.10 Å². The van der Waals surface area contributed by atoms with Crippen LogP contribution < -0.4 is 16.7 Å². The Labute approximate surface area is 141 Å². The van der Waals surface area contributed by atoms with Crippen molar-refractivity contribution in [2.75, 3.05) is 27.9 Å². The van der Waals surface area contributed by atoms with Crippen LogP contribution in [-0.4, -0.2) is 49.5 Å². The third-order valence-electron chi connectivity index (χ3n) is 2.41. The van der Waals surface area contributed by atoms with Gasteiger partial charge in [-0.3, -0.25) is 19.4 Å². The Bertz CT molecular complexity index is 541. The van der Waals surface area contributed by atoms with Gasteiger partial charge in [0, 0.05) is 47.1 Å². The summed E-state index contributed by atoms with van der Waals surface area (Å²) in [6.07, 6.45) is 1.65. The van der Waals surface area contributed by atoms with Gasteiger partial charge in [-0.1, -0.05) is 13.8 Å². The number of hydrogen-bond donors (Lipinski definition) is 2. The zero-order valence-corrected chi connectivity index (χ0v) is 15.3. The molecule has 1 atom stereocenters. The fraction of sp³-hybridized carbons (Fsp3) is 0.667. The highest BCUT2D eigenvalue weighted by molar-refractivity contribution is 5.71. The minimum Gasteiger partial charge on any atom is -0.388 e. The van der Waals surface area contributed by atoms with Gasteiger partial charge >= 0.3 is 5.69 Å². The molecule has 0 spiro atoms. The third kappa shape index (κ3) is 12.6. The van der Waals surface area contributed by atoms with E-state index in [2.05, 4.69) is 15.2 Å². The summed E-state index contributed by atoms with van der Waals surface area (Å²) in [5, 5.41) is 0. The predicted octanol–water partition coefficient (Wildman–Crippen LogP) is 0.298. The zero-order chi connectivity index (χ0) is 19.0. The standard InChI is InChI=1S/C11H17N3O5.C2H6O.C2H6/c1-8(15)13-19-7-9(18-2)3-5-14-6-4-10(16)12-11(14)17;1-3-2;1-2/h4,6,9H,3,5,7H2,1-2H3,(H,13,15)(H,12,16,17);1-2H3;1-2H3. The van der Waals surface area contributed by atoms with Gasteiger partial charge in [-0.25, -0.2) is 10.3 Å². The number of hydrogen-bond acceptors (Lipinski definition) is 6.